The number of ether oxygens (including phenoxy) is 3. The molecule has 1 saturated heterocycles. The predicted octanol–water partition coefficient (Wildman–Crippen LogP) is 1.57. The Bertz CT molecular complexity index is 542. The molecule has 0 spiro atoms. The summed E-state index contributed by atoms with van der Waals surface area (Å²) >= 11 is 0. The normalized spacial score (nSPS) is 19.0. The first-order chi connectivity index (χ1) is 11.0. The van der Waals surface area contributed by atoms with E-state index < -0.39 is 0 Å². The maximum absolute atomic E-state index is 12.2. The molecule has 1 aromatic carbocycles. The van der Waals surface area contributed by atoms with Gasteiger partial charge in [-0.2, -0.15) is 0 Å². The van der Waals surface area contributed by atoms with Gasteiger partial charge in [0, 0.05) is 19.0 Å². The predicted molar refractivity (Wildman–Crippen MR) is 88.1 cm³/mol. The molecule has 0 bridgehead atoms. The SMILES string of the molecule is COc1cc(C)c(C(C)NC(=O)CC2COCCN2)cc1OC. The standard InChI is InChI=1S/C17H26N2O4/c1-11-7-15(21-3)16(22-4)9-14(11)12(2)19-17(20)8-13-10-23-6-5-18-13/h7,9,12-13,18H,5-6,8,10H2,1-4H3,(H,19,20). The van der Waals surface area contributed by atoms with Crippen molar-refractivity contribution in [1.82, 2.24) is 10.6 Å². The number of carbonyl (C=O) groups excluding carboxylic acids is 1. The largest absolute Gasteiger partial charge is 0.493 e. The van der Waals surface area contributed by atoms with Crippen molar-refractivity contribution < 1.29 is 19.0 Å². The van der Waals surface area contributed by atoms with Gasteiger partial charge in [-0.1, -0.05) is 0 Å². The van der Waals surface area contributed by atoms with Crippen molar-refractivity contribution in [2.75, 3.05) is 34.0 Å². The summed E-state index contributed by atoms with van der Waals surface area (Å²) in [6.45, 7) is 6.05. The molecule has 1 fully saturated rings. The number of hydrogen-bond acceptors (Lipinski definition) is 5. The molecule has 1 heterocycles. The van der Waals surface area contributed by atoms with Crippen LogP contribution in [0.5, 0.6) is 11.5 Å². The van der Waals surface area contributed by atoms with Gasteiger partial charge in [0.15, 0.2) is 11.5 Å². The van der Waals surface area contributed by atoms with E-state index in [1.165, 1.54) is 0 Å². The molecule has 1 aliphatic heterocycles. The molecule has 0 aliphatic carbocycles. The number of amides is 1. The lowest BCUT2D eigenvalue weighted by atomic mass is 10.0. The van der Waals surface area contributed by atoms with E-state index in [1.807, 2.05) is 26.0 Å². The number of morpholine rings is 1. The van der Waals surface area contributed by atoms with E-state index >= 15 is 0 Å². The first-order valence-corrected chi connectivity index (χ1v) is 7.88. The van der Waals surface area contributed by atoms with Crippen LogP contribution in [0.3, 0.4) is 0 Å². The maximum atomic E-state index is 12.2. The Labute approximate surface area is 137 Å². The van der Waals surface area contributed by atoms with Crippen molar-refractivity contribution >= 4 is 5.91 Å². The fourth-order valence-electron chi connectivity index (χ4n) is 2.82. The molecule has 1 amide bonds. The van der Waals surface area contributed by atoms with Crippen LogP contribution in [0.25, 0.3) is 0 Å². The molecule has 2 atom stereocenters. The molecular weight excluding hydrogens is 296 g/mol. The minimum absolute atomic E-state index is 0.00897. The zero-order valence-electron chi connectivity index (χ0n) is 14.3. The molecule has 2 unspecified atom stereocenters. The average molecular weight is 322 g/mol. The van der Waals surface area contributed by atoms with Crippen LogP contribution in [0.2, 0.25) is 0 Å². The van der Waals surface area contributed by atoms with Crippen LogP contribution in [-0.4, -0.2) is 45.9 Å². The number of hydrogen-bond donors (Lipinski definition) is 2. The van der Waals surface area contributed by atoms with Gasteiger partial charge in [-0.3, -0.25) is 4.79 Å². The zero-order chi connectivity index (χ0) is 16.8. The number of nitrogens with one attached hydrogen (secondary N) is 2. The smallest absolute Gasteiger partial charge is 0.222 e. The molecule has 1 aliphatic rings. The van der Waals surface area contributed by atoms with Gasteiger partial charge in [0.2, 0.25) is 5.91 Å². The topological polar surface area (TPSA) is 68.8 Å². The highest BCUT2D eigenvalue weighted by molar-refractivity contribution is 5.77. The minimum Gasteiger partial charge on any atom is -0.493 e. The van der Waals surface area contributed by atoms with E-state index in [1.54, 1.807) is 14.2 Å². The second-order valence-electron chi connectivity index (χ2n) is 5.78. The van der Waals surface area contributed by atoms with Crippen LogP contribution in [0.4, 0.5) is 0 Å². The van der Waals surface area contributed by atoms with Crippen molar-refractivity contribution in [3.63, 3.8) is 0 Å². The summed E-state index contributed by atoms with van der Waals surface area (Å²) in [5.41, 5.74) is 2.07. The van der Waals surface area contributed by atoms with Crippen molar-refractivity contribution in [2.45, 2.75) is 32.4 Å². The molecule has 6 heteroatoms. The lowest BCUT2D eigenvalue weighted by Gasteiger charge is -2.24. The molecule has 6 nitrogen and oxygen atoms in total. The summed E-state index contributed by atoms with van der Waals surface area (Å²) in [5, 5.41) is 6.33. The summed E-state index contributed by atoms with van der Waals surface area (Å²) in [4.78, 5) is 12.2. The fourth-order valence-corrected chi connectivity index (χ4v) is 2.82. The quantitative estimate of drug-likeness (QED) is 0.832. The monoisotopic (exact) mass is 322 g/mol. The Morgan fingerprint density at radius 3 is 2.70 bits per heavy atom. The van der Waals surface area contributed by atoms with E-state index in [2.05, 4.69) is 10.6 Å². The fraction of sp³-hybridized carbons (Fsp3) is 0.588. The van der Waals surface area contributed by atoms with E-state index in [0.29, 0.717) is 31.1 Å². The summed E-state index contributed by atoms with van der Waals surface area (Å²) in [7, 11) is 3.22. The van der Waals surface area contributed by atoms with E-state index in [-0.39, 0.29) is 18.0 Å². The highest BCUT2D eigenvalue weighted by Crippen LogP contribution is 2.32. The molecule has 2 rings (SSSR count). The Kier molecular flexibility index (Phi) is 6.24. The summed E-state index contributed by atoms with van der Waals surface area (Å²) < 4.78 is 16.0. The van der Waals surface area contributed by atoms with Gasteiger partial charge in [0.05, 0.1) is 33.5 Å². The third-order valence-electron chi connectivity index (χ3n) is 4.05. The van der Waals surface area contributed by atoms with Crippen LogP contribution in [0.1, 0.15) is 30.5 Å². The number of rotatable bonds is 6. The summed E-state index contributed by atoms with van der Waals surface area (Å²) in [6, 6.07) is 3.82. The second-order valence-corrected chi connectivity index (χ2v) is 5.78. The lowest BCUT2D eigenvalue weighted by Crippen LogP contribution is -2.44. The second kappa shape index (κ2) is 8.17. The van der Waals surface area contributed by atoms with Gasteiger partial charge in [0.25, 0.3) is 0 Å². The minimum atomic E-state index is -0.105. The Hall–Kier alpha value is -1.79. The van der Waals surface area contributed by atoms with Gasteiger partial charge in [0.1, 0.15) is 0 Å². The zero-order valence-corrected chi connectivity index (χ0v) is 14.3. The van der Waals surface area contributed by atoms with Crippen molar-refractivity contribution in [3.05, 3.63) is 23.3 Å². The van der Waals surface area contributed by atoms with Crippen molar-refractivity contribution in [3.8, 4) is 11.5 Å². The van der Waals surface area contributed by atoms with Crippen LogP contribution < -0.4 is 20.1 Å². The number of carbonyl (C=O) groups is 1. The third kappa shape index (κ3) is 4.59. The Morgan fingerprint density at radius 2 is 2.09 bits per heavy atom. The van der Waals surface area contributed by atoms with Crippen molar-refractivity contribution in [1.29, 1.82) is 0 Å². The van der Waals surface area contributed by atoms with Crippen LogP contribution in [0.15, 0.2) is 12.1 Å². The van der Waals surface area contributed by atoms with E-state index in [0.717, 1.165) is 17.7 Å². The van der Waals surface area contributed by atoms with Crippen LogP contribution in [0, 0.1) is 6.92 Å². The number of methoxy groups -OCH3 is 2. The van der Waals surface area contributed by atoms with E-state index in [9.17, 15) is 4.79 Å². The number of aryl methyl sites for hydroxylation is 1. The Balaban J connectivity index is 2.01. The molecule has 0 aromatic heterocycles. The molecule has 2 N–H and O–H groups in total. The van der Waals surface area contributed by atoms with Crippen molar-refractivity contribution in [2.24, 2.45) is 0 Å². The highest BCUT2D eigenvalue weighted by atomic mass is 16.5. The molecule has 23 heavy (non-hydrogen) atoms. The highest BCUT2D eigenvalue weighted by Gasteiger charge is 2.20. The molecule has 128 valence electrons. The maximum Gasteiger partial charge on any atom is 0.222 e. The summed E-state index contributed by atoms with van der Waals surface area (Å²) in [6.07, 6.45) is 0.413. The Morgan fingerprint density at radius 1 is 1.39 bits per heavy atom. The van der Waals surface area contributed by atoms with Crippen LogP contribution >= 0.6 is 0 Å². The molecule has 0 radical (unpaired) electrons. The third-order valence-corrected chi connectivity index (χ3v) is 4.05. The average Bonchev–Trinajstić information content (AvgIpc) is 2.55. The molecular formula is C17H26N2O4. The van der Waals surface area contributed by atoms with Gasteiger partial charge >= 0.3 is 0 Å². The van der Waals surface area contributed by atoms with Gasteiger partial charge in [-0.25, -0.2) is 0 Å². The molecule has 0 saturated carbocycles. The van der Waals surface area contributed by atoms with Gasteiger partial charge in [-0.05, 0) is 37.1 Å². The van der Waals surface area contributed by atoms with Gasteiger partial charge < -0.3 is 24.8 Å². The van der Waals surface area contributed by atoms with E-state index in [4.69, 9.17) is 14.2 Å². The van der Waals surface area contributed by atoms with Gasteiger partial charge in [-0.15, -0.1) is 0 Å². The van der Waals surface area contributed by atoms with Crippen LogP contribution in [-0.2, 0) is 9.53 Å². The lowest BCUT2D eigenvalue weighted by molar-refractivity contribution is -0.122. The first-order valence-electron chi connectivity index (χ1n) is 7.88. The first kappa shape index (κ1) is 17.6. The number of benzene rings is 1. The molecule has 1 aromatic rings. The summed E-state index contributed by atoms with van der Waals surface area (Å²) in [5.74, 6) is 1.36.